The number of nitrogens with zero attached hydrogens (tertiary/aromatic N) is 1. The second-order valence-electron chi connectivity index (χ2n) is 4.96. The van der Waals surface area contributed by atoms with Crippen molar-refractivity contribution in [3.63, 3.8) is 0 Å². The summed E-state index contributed by atoms with van der Waals surface area (Å²) in [4.78, 5) is 2.56. The monoisotopic (exact) mass is 248 g/mol. The molecule has 1 saturated heterocycles. The molecule has 0 spiro atoms. The first-order chi connectivity index (χ1) is 8.83. The number of ether oxygens (including phenoxy) is 1. The van der Waals surface area contributed by atoms with Gasteiger partial charge in [0.15, 0.2) is 0 Å². The molecule has 0 aromatic heterocycles. The maximum Gasteiger partial charge on any atom is 0.0713 e. The van der Waals surface area contributed by atoms with Crippen LogP contribution in [0.15, 0.2) is 24.3 Å². The van der Waals surface area contributed by atoms with Crippen molar-refractivity contribution >= 4 is 0 Å². The highest BCUT2D eigenvalue weighted by molar-refractivity contribution is 5.23. The SMILES string of the molecule is CCN(Cc1cccc(COC)c1)C1CCNC1. The second-order valence-corrected chi connectivity index (χ2v) is 4.96. The van der Waals surface area contributed by atoms with Crippen molar-refractivity contribution < 1.29 is 4.74 Å². The predicted molar refractivity (Wildman–Crippen MR) is 74.5 cm³/mol. The molecule has 1 N–H and O–H groups in total. The van der Waals surface area contributed by atoms with Gasteiger partial charge in [-0.25, -0.2) is 0 Å². The lowest BCUT2D eigenvalue weighted by molar-refractivity contribution is 0.184. The summed E-state index contributed by atoms with van der Waals surface area (Å²) in [5, 5.41) is 3.44. The summed E-state index contributed by atoms with van der Waals surface area (Å²) in [6.45, 7) is 7.39. The van der Waals surface area contributed by atoms with Gasteiger partial charge in [-0.2, -0.15) is 0 Å². The molecule has 1 unspecified atom stereocenters. The van der Waals surface area contributed by atoms with E-state index in [0.717, 1.165) is 26.2 Å². The summed E-state index contributed by atoms with van der Waals surface area (Å²) in [7, 11) is 1.75. The molecular formula is C15H24N2O. The van der Waals surface area contributed by atoms with E-state index in [2.05, 4.69) is 41.4 Å². The van der Waals surface area contributed by atoms with Gasteiger partial charge in [0.2, 0.25) is 0 Å². The molecule has 0 amide bonds. The van der Waals surface area contributed by atoms with Gasteiger partial charge < -0.3 is 10.1 Å². The van der Waals surface area contributed by atoms with Crippen molar-refractivity contribution in [3.8, 4) is 0 Å². The number of benzene rings is 1. The van der Waals surface area contributed by atoms with Gasteiger partial charge in [0.05, 0.1) is 6.61 Å². The highest BCUT2D eigenvalue weighted by atomic mass is 16.5. The molecule has 1 aromatic carbocycles. The molecule has 100 valence electrons. The van der Waals surface area contributed by atoms with Crippen molar-refractivity contribution in [1.82, 2.24) is 10.2 Å². The topological polar surface area (TPSA) is 24.5 Å². The first kappa shape index (κ1) is 13.5. The van der Waals surface area contributed by atoms with E-state index in [9.17, 15) is 0 Å². The van der Waals surface area contributed by atoms with E-state index in [0.29, 0.717) is 12.6 Å². The average Bonchev–Trinajstić information content (AvgIpc) is 2.90. The molecule has 0 bridgehead atoms. The quantitative estimate of drug-likeness (QED) is 0.833. The van der Waals surface area contributed by atoms with Gasteiger partial charge in [0, 0.05) is 26.2 Å². The number of methoxy groups -OCH3 is 1. The van der Waals surface area contributed by atoms with Crippen LogP contribution < -0.4 is 5.32 Å². The van der Waals surface area contributed by atoms with Crippen molar-refractivity contribution in [3.05, 3.63) is 35.4 Å². The number of rotatable bonds is 6. The van der Waals surface area contributed by atoms with E-state index in [-0.39, 0.29) is 0 Å². The zero-order valence-corrected chi connectivity index (χ0v) is 11.5. The van der Waals surface area contributed by atoms with Crippen LogP contribution in [0.5, 0.6) is 0 Å². The smallest absolute Gasteiger partial charge is 0.0713 e. The number of hydrogen-bond donors (Lipinski definition) is 1. The van der Waals surface area contributed by atoms with Gasteiger partial charge in [0.1, 0.15) is 0 Å². The van der Waals surface area contributed by atoms with Crippen LogP contribution in [0.3, 0.4) is 0 Å². The third-order valence-electron chi connectivity index (χ3n) is 3.64. The van der Waals surface area contributed by atoms with E-state index >= 15 is 0 Å². The number of hydrogen-bond acceptors (Lipinski definition) is 3. The normalized spacial score (nSPS) is 19.6. The van der Waals surface area contributed by atoms with Crippen LogP contribution in [0.1, 0.15) is 24.5 Å². The lowest BCUT2D eigenvalue weighted by atomic mass is 10.1. The summed E-state index contributed by atoms with van der Waals surface area (Å²) in [6.07, 6.45) is 1.27. The predicted octanol–water partition coefficient (Wildman–Crippen LogP) is 2.02. The molecule has 18 heavy (non-hydrogen) atoms. The number of nitrogens with one attached hydrogen (secondary N) is 1. The summed E-state index contributed by atoms with van der Waals surface area (Å²) in [6, 6.07) is 9.42. The standard InChI is InChI=1S/C15H24N2O/c1-3-17(15-7-8-16-10-15)11-13-5-4-6-14(9-13)12-18-2/h4-6,9,15-16H,3,7-8,10-12H2,1-2H3. The van der Waals surface area contributed by atoms with Crippen molar-refractivity contribution in [2.75, 3.05) is 26.7 Å². The maximum absolute atomic E-state index is 5.19. The van der Waals surface area contributed by atoms with Crippen molar-refractivity contribution in [2.24, 2.45) is 0 Å². The van der Waals surface area contributed by atoms with Crippen molar-refractivity contribution in [1.29, 1.82) is 0 Å². The summed E-state index contributed by atoms with van der Waals surface area (Å²) >= 11 is 0. The van der Waals surface area contributed by atoms with Gasteiger partial charge in [0.25, 0.3) is 0 Å². The Bertz CT molecular complexity index is 361. The molecule has 0 aliphatic carbocycles. The maximum atomic E-state index is 5.19. The summed E-state index contributed by atoms with van der Waals surface area (Å²) < 4.78 is 5.19. The van der Waals surface area contributed by atoms with E-state index in [1.165, 1.54) is 17.5 Å². The van der Waals surface area contributed by atoms with Gasteiger partial charge in [-0.1, -0.05) is 31.2 Å². The minimum Gasteiger partial charge on any atom is -0.380 e. The zero-order valence-electron chi connectivity index (χ0n) is 11.5. The Balaban J connectivity index is 1.99. The van der Waals surface area contributed by atoms with Gasteiger partial charge >= 0.3 is 0 Å². The molecule has 1 aliphatic heterocycles. The van der Waals surface area contributed by atoms with Crippen LogP contribution in [-0.2, 0) is 17.9 Å². The van der Waals surface area contributed by atoms with Crippen molar-refractivity contribution in [2.45, 2.75) is 32.5 Å². The molecule has 0 saturated carbocycles. The molecule has 1 aliphatic rings. The lowest BCUT2D eigenvalue weighted by Gasteiger charge is -2.27. The molecule has 0 radical (unpaired) electrons. The molecule has 3 nitrogen and oxygen atoms in total. The fourth-order valence-electron chi connectivity index (χ4n) is 2.67. The Labute approximate surface area is 110 Å². The van der Waals surface area contributed by atoms with Crippen LogP contribution in [0.25, 0.3) is 0 Å². The van der Waals surface area contributed by atoms with Gasteiger partial charge in [-0.15, -0.1) is 0 Å². The molecule has 3 heteroatoms. The minimum absolute atomic E-state index is 0.695. The summed E-state index contributed by atoms with van der Waals surface area (Å²) in [5.41, 5.74) is 2.65. The molecule has 1 fully saturated rings. The van der Waals surface area contributed by atoms with E-state index < -0.39 is 0 Å². The second kappa shape index (κ2) is 6.88. The van der Waals surface area contributed by atoms with E-state index in [1.807, 2.05) is 0 Å². The molecule has 1 atom stereocenters. The fourth-order valence-corrected chi connectivity index (χ4v) is 2.67. The largest absolute Gasteiger partial charge is 0.380 e. The van der Waals surface area contributed by atoms with Crippen LogP contribution in [0.4, 0.5) is 0 Å². The lowest BCUT2D eigenvalue weighted by Crippen LogP contribution is -2.36. The molecule has 1 aromatic rings. The fraction of sp³-hybridized carbons (Fsp3) is 0.600. The minimum atomic E-state index is 0.695. The van der Waals surface area contributed by atoms with Crippen LogP contribution in [0, 0.1) is 0 Å². The zero-order chi connectivity index (χ0) is 12.8. The van der Waals surface area contributed by atoms with E-state index in [1.54, 1.807) is 7.11 Å². The first-order valence-corrected chi connectivity index (χ1v) is 6.85. The van der Waals surface area contributed by atoms with E-state index in [4.69, 9.17) is 4.74 Å². The number of likely N-dealkylation sites (N-methyl/N-ethyl adjacent to an activating group) is 1. The third-order valence-corrected chi connectivity index (χ3v) is 3.64. The molecular weight excluding hydrogens is 224 g/mol. The Hall–Kier alpha value is -0.900. The van der Waals surface area contributed by atoms with Gasteiger partial charge in [-0.05, 0) is 30.6 Å². The molecule has 1 heterocycles. The highest BCUT2D eigenvalue weighted by Crippen LogP contribution is 2.14. The Morgan fingerprint density at radius 2 is 2.22 bits per heavy atom. The van der Waals surface area contributed by atoms with Crippen LogP contribution in [-0.4, -0.2) is 37.7 Å². The third kappa shape index (κ3) is 3.55. The first-order valence-electron chi connectivity index (χ1n) is 6.85. The van der Waals surface area contributed by atoms with Gasteiger partial charge in [-0.3, -0.25) is 4.90 Å². The Kier molecular flexibility index (Phi) is 5.17. The Morgan fingerprint density at radius 3 is 2.89 bits per heavy atom. The van der Waals surface area contributed by atoms with Crippen LogP contribution >= 0.6 is 0 Å². The van der Waals surface area contributed by atoms with Crippen LogP contribution in [0.2, 0.25) is 0 Å². The molecule has 2 rings (SSSR count). The average molecular weight is 248 g/mol. The Morgan fingerprint density at radius 1 is 1.39 bits per heavy atom. The highest BCUT2D eigenvalue weighted by Gasteiger charge is 2.20. The summed E-state index contributed by atoms with van der Waals surface area (Å²) in [5.74, 6) is 0.